The van der Waals surface area contributed by atoms with Crippen molar-refractivity contribution in [3.8, 4) is 11.5 Å². The van der Waals surface area contributed by atoms with Crippen molar-refractivity contribution in [1.82, 2.24) is 5.32 Å². The Bertz CT molecular complexity index is 601. The van der Waals surface area contributed by atoms with Crippen LogP contribution in [-0.4, -0.2) is 14.2 Å². The van der Waals surface area contributed by atoms with Gasteiger partial charge in [-0.3, -0.25) is 0 Å². The van der Waals surface area contributed by atoms with Gasteiger partial charge in [0, 0.05) is 23.7 Å². The Morgan fingerprint density at radius 1 is 1.05 bits per heavy atom. The molecular formula is C17H20FNO2. The van der Waals surface area contributed by atoms with Crippen LogP contribution in [0.2, 0.25) is 0 Å². The molecule has 3 nitrogen and oxygen atoms in total. The molecule has 0 saturated heterocycles. The van der Waals surface area contributed by atoms with Crippen LogP contribution in [0.25, 0.3) is 0 Å². The van der Waals surface area contributed by atoms with Crippen LogP contribution in [-0.2, 0) is 6.54 Å². The molecular weight excluding hydrogens is 269 g/mol. The van der Waals surface area contributed by atoms with Crippen LogP contribution in [0.5, 0.6) is 11.5 Å². The van der Waals surface area contributed by atoms with Crippen LogP contribution < -0.4 is 14.8 Å². The van der Waals surface area contributed by atoms with Crippen LogP contribution in [0, 0.1) is 5.82 Å². The molecule has 1 atom stereocenters. The average molecular weight is 289 g/mol. The first-order valence-corrected chi connectivity index (χ1v) is 6.84. The third-order valence-electron chi connectivity index (χ3n) is 3.45. The van der Waals surface area contributed by atoms with E-state index in [1.165, 1.54) is 12.1 Å². The minimum Gasteiger partial charge on any atom is -0.496 e. The van der Waals surface area contributed by atoms with Crippen molar-refractivity contribution in [3.05, 3.63) is 59.4 Å². The molecule has 0 saturated carbocycles. The second kappa shape index (κ2) is 7.09. The molecule has 2 aromatic carbocycles. The highest BCUT2D eigenvalue weighted by atomic mass is 19.1. The molecule has 4 heteroatoms. The van der Waals surface area contributed by atoms with Crippen LogP contribution in [0.15, 0.2) is 42.5 Å². The lowest BCUT2D eigenvalue weighted by Crippen LogP contribution is -2.19. The summed E-state index contributed by atoms with van der Waals surface area (Å²) in [7, 11) is 3.24. The van der Waals surface area contributed by atoms with Gasteiger partial charge in [-0.05, 0) is 31.2 Å². The smallest absolute Gasteiger partial charge is 0.123 e. The van der Waals surface area contributed by atoms with Crippen molar-refractivity contribution >= 4 is 0 Å². The Kier molecular flexibility index (Phi) is 5.17. The molecule has 2 rings (SSSR count). The van der Waals surface area contributed by atoms with Gasteiger partial charge in [-0.15, -0.1) is 0 Å². The fourth-order valence-electron chi connectivity index (χ4n) is 2.27. The molecule has 21 heavy (non-hydrogen) atoms. The fourth-order valence-corrected chi connectivity index (χ4v) is 2.27. The molecule has 2 aromatic rings. The van der Waals surface area contributed by atoms with Gasteiger partial charge in [-0.1, -0.05) is 18.2 Å². The number of rotatable bonds is 6. The van der Waals surface area contributed by atoms with E-state index in [-0.39, 0.29) is 11.9 Å². The van der Waals surface area contributed by atoms with Gasteiger partial charge in [-0.2, -0.15) is 0 Å². The van der Waals surface area contributed by atoms with Gasteiger partial charge in [0.2, 0.25) is 0 Å². The molecule has 0 spiro atoms. The average Bonchev–Trinajstić information content (AvgIpc) is 2.52. The number of nitrogens with one attached hydrogen (secondary N) is 1. The highest BCUT2D eigenvalue weighted by Gasteiger charge is 2.13. The van der Waals surface area contributed by atoms with Gasteiger partial charge in [-0.25, -0.2) is 4.39 Å². The Hall–Kier alpha value is -2.07. The van der Waals surface area contributed by atoms with Gasteiger partial charge in [0.05, 0.1) is 14.2 Å². The molecule has 0 aliphatic carbocycles. The number of ether oxygens (including phenoxy) is 2. The van der Waals surface area contributed by atoms with Crippen molar-refractivity contribution in [3.63, 3.8) is 0 Å². The van der Waals surface area contributed by atoms with Gasteiger partial charge in [0.25, 0.3) is 0 Å². The summed E-state index contributed by atoms with van der Waals surface area (Å²) in [6.07, 6.45) is 0. The first-order chi connectivity index (χ1) is 10.2. The minimum atomic E-state index is -0.267. The number of hydrogen-bond donors (Lipinski definition) is 1. The van der Waals surface area contributed by atoms with E-state index >= 15 is 0 Å². The summed E-state index contributed by atoms with van der Waals surface area (Å²) >= 11 is 0. The molecule has 0 aliphatic rings. The summed E-state index contributed by atoms with van der Waals surface area (Å²) < 4.78 is 24.0. The van der Waals surface area contributed by atoms with Crippen molar-refractivity contribution in [2.24, 2.45) is 0 Å². The number of halogens is 1. The highest BCUT2D eigenvalue weighted by molar-refractivity contribution is 5.37. The summed E-state index contributed by atoms with van der Waals surface area (Å²) in [5.74, 6) is 1.25. The topological polar surface area (TPSA) is 30.5 Å². The number of methoxy groups -OCH3 is 2. The van der Waals surface area contributed by atoms with E-state index in [0.29, 0.717) is 12.3 Å². The summed E-state index contributed by atoms with van der Waals surface area (Å²) in [5, 5.41) is 3.37. The van der Waals surface area contributed by atoms with E-state index in [9.17, 15) is 4.39 Å². The predicted octanol–water partition coefficient (Wildman–Crippen LogP) is 3.69. The maximum absolute atomic E-state index is 13.4. The summed E-state index contributed by atoms with van der Waals surface area (Å²) in [4.78, 5) is 0. The number of benzene rings is 2. The quantitative estimate of drug-likeness (QED) is 0.879. The summed E-state index contributed by atoms with van der Waals surface area (Å²) in [5.41, 5.74) is 1.86. The van der Waals surface area contributed by atoms with E-state index in [2.05, 4.69) is 5.32 Å². The normalized spacial score (nSPS) is 12.0. The first kappa shape index (κ1) is 15.3. The minimum absolute atomic E-state index is 0.0411. The lowest BCUT2D eigenvalue weighted by atomic mass is 10.1. The molecule has 0 fully saturated rings. The van der Waals surface area contributed by atoms with Crippen molar-refractivity contribution in [2.45, 2.75) is 19.5 Å². The Labute approximate surface area is 124 Å². The zero-order valence-corrected chi connectivity index (χ0v) is 12.5. The standard InChI is InChI=1S/C17H20FNO2/c1-12(15-10-14(18)8-9-17(15)21-3)19-11-13-6-4-5-7-16(13)20-2/h4-10,12,19H,11H2,1-3H3. The zero-order valence-electron chi connectivity index (χ0n) is 12.5. The summed E-state index contributed by atoms with van der Waals surface area (Å²) in [6, 6.07) is 12.3. The molecule has 0 aliphatic heterocycles. The third kappa shape index (κ3) is 3.73. The van der Waals surface area contributed by atoms with Crippen molar-refractivity contribution in [2.75, 3.05) is 14.2 Å². The lowest BCUT2D eigenvalue weighted by molar-refractivity contribution is 0.395. The fraction of sp³-hybridized carbons (Fsp3) is 0.294. The van der Waals surface area contributed by atoms with Gasteiger partial charge in [0.1, 0.15) is 17.3 Å². The van der Waals surface area contributed by atoms with Crippen LogP contribution in [0.3, 0.4) is 0 Å². The van der Waals surface area contributed by atoms with Gasteiger partial charge >= 0.3 is 0 Å². The lowest BCUT2D eigenvalue weighted by Gasteiger charge is -2.18. The van der Waals surface area contributed by atoms with Crippen molar-refractivity contribution in [1.29, 1.82) is 0 Å². The molecule has 0 bridgehead atoms. The van der Waals surface area contributed by atoms with E-state index in [1.807, 2.05) is 31.2 Å². The monoisotopic (exact) mass is 289 g/mol. The van der Waals surface area contributed by atoms with E-state index < -0.39 is 0 Å². The van der Waals surface area contributed by atoms with E-state index in [1.54, 1.807) is 20.3 Å². The van der Waals surface area contributed by atoms with E-state index in [0.717, 1.165) is 16.9 Å². The van der Waals surface area contributed by atoms with Crippen LogP contribution >= 0.6 is 0 Å². The number of para-hydroxylation sites is 1. The molecule has 1 N–H and O–H groups in total. The van der Waals surface area contributed by atoms with Crippen LogP contribution in [0.4, 0.5) is 4.39 Å². The largest absolute Gasteiger partial charge is 0.496 e. The van der Waals surface area contributed by atoms with Gasteiger partial charge < -0.3 is 14.8 Å². The molecule has 0 heterocycles. The summed E-state index contributed by atoms with van der Waals surface area (Å²) in [6.45, 7) is 2.61. The Balaban J connectivity index is 2.11. The van der Waals surface area contributed by atoms with Crippen molar-refractivity contribution < 1.29 is 13.9 Å². The second-order valence-corrected chi connectivity index (χ2v) is 4.80. The molecule has 112 valence electrons. The predicted molar refractivity (Wildman–Crippen MR) is 81.2 cm³/mol. The number of hydrogen-bond acceptors (Lipinski definition) is 3. The zero-order chi connectivity index (χ0) is 15.2. The SMILES string of the molecule is COc1ccccc1CNC(C)c1cc(F)ccc1OC. The van der Waals surface area contributed by atoms with Crippen LogP contribution in [0.1, 0.15) is 24.1 Å². The van der Waals surface area contributed by atoms with E-state index in [4.69, 9.17) is 9.47 Å². The molecule has 0 aromatic heterocycles. The highest BCUT2D eigenvalue weighted by Crippen LogP contribution is 2.26. The second-order valence-electron chi connectivity index (χ2n) is 4.80. The third-order valence-corrected chi connectivity index (χ3v) is 3.45. The van der Waals surface area contributed by atoms with Gasteiger partial charge in [0.15, 0.2) is 0 Å². The first-order valence-electron chi connectivity index (χ1n) is 6.84. The molecule has 0 amide bonds. The molecule has 1 unspecified atom stereocenters. The molecule has 0 radical (unpaired) electrons. The maximum atomic E-state index is 13.4. The Morgan fingerprint density at radius 3 is 2.48 bits per heavy atom. The Morgan fingerprint density at radius 2 is 1.76 bits per heavy atom. The maximum Gasteiger partial charge on any atom is 0.123 e.